The number of rotatable bonds is 7. The smallest absolute Gasteiger partial charge is 0.344 e. The molecule has 1 N–H and O–H groups in total. The van der Waals surface area contributed by atoms with E-state index in [9.17, 15) is 14.7 Å². The number of hydrogen-bond donors (Lipinski definition) is 1. The highest BCUT2D eigenvalue weighted by molar-refractivity contribution is 8.18. The Kier molecular flexibility index (Phi) is 7.97. The lowest BCUT2D eigenvalue weighted by atomic mass is 10.1. The first kappa shape index (κ1) is 23.4. The number of benzene rings is 2. The number of halogens is 1. The lowest BCUT2D eigenvalue weighted by molar-refractivity contribution is -0.143. The first-order valence-electron chi connectivity index (χ1n) is 9.56. The maximum Gasteiger partial charge on any atom is 0.344 e. The van der Waals surface area contributed by atoms with Crippen molar-refractivity contribution in [2.24, 2.45) is 4.99 Å². The summed E-state index contributed by atoms with van der Waals surface area (Å²) in [6, 6.07) is 14.0. The minimum absolute atomic E-state index is 0.0103. The standard InChI is InChI=1S/C23H20ClNO6S/c1-3-30-23(28)20-21(27)18(32-22(20)25-15-7-5-4-6-8-15)12-14-9-10-17(16(24)11-14)31-13-19(26)29-2/h4-12,27H,3,13H2,1-2H3/b18-12-,25-22?. The van der Waals surface area contributed by atoms with E-state index in [2.05, 4.69) is 9.73 Å². The number of aliphatic imine (C=N–C) groups is 1. The van der Waals surface area contributed by atoms with Crippen LogP contribution in [0.2, 0.25) is 5.02 Å². The van der Waals surface area contributed by atoms with Gasteiger partial charge in [0.1, 0.15) is 22.1 Å². The van der Waals surface area contributed by atoms with Gasteiger partial charge in [0, 0.05) is 0 Å². The second kappa shape index (κ2) is 10.9. The van der Waals surface area contributed by atoms with E-state index in [1.54, 1.807) is 43.3 Å². The van der Waals surface area contributed by atoms with Gasteiger partial charge in [0.25, 0.3) is 0 Å². The number of thioether (sulfide) groups is 1. The normalized spacial score (nSPS) is 15.8. The molecule has 32 heavy (non-hydrogen) atoms. The van der Waals surface area contributed by atoms with Crippen LogP contribution in [-0.4, -0.2) is 42.4 Å². The minimum atomic E-state index is -0.653. The van der Waals surface area contributed by atoms with Crippen molar-refractivity contribution in [3.05, 3.63) is 75.4 Å². The highest BCUT2D eigenvalue weighted by atomic mass is 35.5. The highest BCUT2D eigenvalue weighted by Crippen LogP contribution is 2.40. The molecule has 1 aliphatic heterocycles. The predicted molar refractivity (Wildman–Crippen MR) is 124 cm³/mol. The van der Waals surface area contributed by atoms with Crippen molar-refractivity contribution in [1.29, 1.82) is 0 Å². The van der Waals surface area contributed by atoms with Crippen LogP contribution in [0.3, 0.4) is 0 Å². The topological polar surface area (TPSA) is 94.4 Å². The van der Waals surface area contributed by atoms with Crippen molar-refractivity contribution in [3.8, 4) is 5.75 Å². The van der Waals surface area contributed by atoms with Crippen LogP contribution >= 0.6 is 23.4 Å². The molecule has 0 saturated heterocycles. The molecule has 0 aliphatic carbocycles. The molecule has 0 aromatic heterocycles. The Labute approximate surface area is 194 Å². The fourth-order valence-electron chi connectivity index (χ4n) is 2.68. The van der Waals surface area contributed by atoms with Crippen LogP contribution in [0.15, 0.2) is 69.8 Å². The van der Waals surface area contributed by atoms with E-state index in [0.29, 0.717) is 26.9 Å². The number of para-hydroxylation sites is 1. The van der Waals surface area contributed by atoms with Gasteiger partial charge >= 0.3 is 11.9 Å². The van der Waals surface area contributed by atoms with Crippen molar-refractivity contribution in [3.63, 3.8) is 0 Å². The first-order chi connectivity index (χ1) is 15.4. The van der Waals surface area contributed by atoms with Crippen molar-refractivity contribution in [2.45, 2.75) is 6.92 Å². The zero-order valence-corrected chi connectivity index (χ0v) is 18.9. The second-order valence-electron chi connectivity index (χ2n) is 6.36. The quantitative estimate of drug-likeness (QED) is 0.560. The van der Waals surface area contributed by atoms with Gasteiger partial charge in [-0.15, -0.1) is 0 Å². The van der Waals surface area contributed by atoms with Crippen LogP contribution in [-0.2, 0) is 19.1 Å². The molecule has 0 atom stereocenters. The van der Waals surface area contributed by atoms with Gasteiger partial charge in [0.05, 0.1) is 29.3 Å². The molecular formula is C23H20ClNO6S. The van der Waals surface area contributed by atoms with Crippen molar-refractivity contribution < 1.29 is 28.9 Å². The fraction of sp³-hybridized carbons (Fsp3) is 0.174. The van der Waals surface area contributed by atoms with Crippen LogP contribution in [0.4, 0.5) is 5.69 Å². The van der Waals surface area contributed by atoms with Crippen molar-refractivity contribution in [2.75, 3.05) is 20.3 Å². The van der Waals surface area contributed by atoms with Crippen LogP contribution in [0, 0.1) is 0 Å². The summed E-state index contributed by atoms with van der Waals surface area (Å²) in [6.07, 6.45) is 1.67. The summed E-state index contributed by atoms with van der Waals surface area (Å²) in [7, 11) is 1.27. The molecule has 2 aromatic rings. The molecular weight excluding hydrogens is 454 g/mol. The summed E-state index contributed by atoms with van der Waals surface area (Å²) in [6.45, 7) is 1.59. The third kappa shape index (κ3) is 5.72. The van der Waals surface area contributed by atoms with Gasteiger partial charge in [-0.3, -0.25) is 0 Å². The summed E-state index contributed by atoms with van der Waals surface area (Å²) in [5, 5.41) is 11.4. The maximum absolute atomic E-state index is 12.5. The molecule has 0 radical (unpaired) electrons. The van der Waals surface area contributed by atoms with Crippen LogP contribution in [0.25, 0.3) is 6.08 Å². The maximum atomic E-state index is 12.5. The molecule has 7 nitrogen and oxygen atoms in total. The van der Waals surface area contributed by atoms with Gasteiger partial charge in [-0.1, -0.05) is 47.6 Å². The Morgan fingerprint density at radius 2 is 1.94 bits per heavy atom. The number of aliphatic hydroxyl groups excluding tert-OH is 1. The van der Waals surface area contributed by atoms with Gasteiger partial charge < -0.3 is 19.3 Å². The Bertz CT molecular complexity index is 1110. The average Bonchev–Trinajstić information content (AvgIpc) is 3.08. The second-order valence-corrected chi connectivity index (χ2v) is 7.80. The van der Waals surface area contributed by atoms with Crippen molar-refractivity contribution in [1.82, 2.24) is 0 Å². The van der Waals surface area contributed by atoms with Crippen LogP contribution < -0.4 is 4.74 Å². The molecule has 0 unspecified atom stereocenters. The molecule has 1 heterocycles. The van der Waals surface area contributed by atoms with Crippen molar-refractivity contribution >= 4 is 52.1 Å². The molecule has 166 valence electrons. The van der Waals surface area contributed by atoms with Gasteiger partial charge in [-0.05, 0) is 42.8 Å². The summed E-state index contributed by atoms with van der Waals surface area (Å²) in [4.78, 5) is 28.6. The van der Waals surface area contributed by atoms with E-state index < -0.39 is 11.9 Å². The van der Waals surface area contributed by atoms with E-state index in [0.717, 1.165) is 11.8 Å². The summed E-state index contributed by atoms with van der Waals surface area (Å²) >= 11 is 7.40. The number of carbonyl (C=O) groups excluding carboxylic acids is 2. The van der Waals surface area contributed by atoms with E-state index in [1.165, 1.54) is 7.11 Å². The van der Waals surface area contributed by atoms with Gasteiger partial charge in [0.15, 0.2) is 6.61 Å². The van der Waals surface area contributed by atoms with Gasteiger partial charge in [-0.25, -0.2) is 14.6 Å². The number of carbonyl (C=O) groups is 2. The number of esters is 2. The largest absolute Gasteiger partial charge is 0.506 e. The molecule has 2 aromatic carbocycles. The number of ether oxygens (including phenoxy) is 3. The first-order valence-corrected chi connectivity index (χ1v) is 10.8. The molecule has 0 saturated carbocycles. The van der Waals surface area contributed by atoms with Crippen LogP contribution in [0.5, 0.6) is 5.75 Å². The zero-order valence-electron chi connectivity index (χ0n) is 17.3. The lowest BCUT2D eigenvalue weighted by Gasteiger charge is -2.07. The van der Waals surface area contributed by atoms with E-state index in [-0.39, 0.29) is 29.6 Å². The molecule has 0 amide bonds. The Balaban J connectivity index is 1.91. The Hall–Kier alpha value is -3.23. The predicted octanol–water partition coefficient (Wildman–Crippen LogP) is 5.08. The lowest BCUT2D eigenvalue weighted by Crippen LogP contribution is -2.12. The zero-order chi connectivity index (χ0) is 23.1. The van der Waals surface area contributed by atoms with E-state index >= 15 is 0 Å². The molecule has 1 aliphatic rings. The summed E-state index contributed by atoms with van der Waals surface area (Å²) in [5.41, 5.74) is 1.30. The highest BCUT2D eigenvalue weighted by Gasteiger charge is 2.33. The van der Waals surface area contributed by atoms with Gasteiger partial charge in [-0.2, -0.15) is 0 Å². The van der Waals surface area contributed by atoms with Crippen LogP contribution in [0.1, 0.15) is 12.5 Å². The van der Waals surface area contributed by atoms with E-state index in [4.69, 9.17) is 21.1 Å². The number of aliphatic hydroxyl groups is 1. The summed E-state index contributed by atoms with van der Waals surface area (Å²) < 4.78 is 15.0. The molecule has 3 rings (SSSR count). The monoisotopic (exact) mass is 473 g/mol. The van der Waals surface area contributed by atoms with E-state index in [1.807, 2.05) is 18.2 Å². The molecule has 0 bridgehead atoms. The van der Waals surface area contributed by atoms with Gasteiger partial charge in [0.2, 0.25) is 0 Å². The molecule has 0 spiro atoms. The number of methoxy groups -OCH3 is 1. The third-order valence-electron chi connectivity index (χ3n) is 4.18. The third-order valence-corrected chi connectivity index (χ3v) is 5.50. The Morgan fingerprint density at radius 3 is 2.59 bits per heavy atom. The summed E-state index contributed by atoms with van der Waals surface area (Å²) in [5.74, 6) is -1.08. The fourth-order valence-corrected chi connectivity index (χ4v) is 3.96. The molecule has 0 fully saturated rings. The Morgan fingerprint density at radius 1 is 1.19 bits per heavy atom. The number of nitrogens with zero attached hydrogens (tertiary/aromatic N) is 1. The SMILES string of the molecule is CCOC(=O)C1=C(O)/C(=C/c2ccc(OCC(=O)OC)c(Cl)c2)SC1=Nc1ccccc1. The minimum Gasteiger partial charge on any atom is -0.506 e. The average molecular weight is 474 g/mol. The molecule has 9 heteroatoms. The number of hydrogen-bond acceptors (Lipinski definition) is 8.